The molecule has 1 aromatic rings. The Morgan fingerprint density at radius 2 is 2.20 bits per heavy atom. The molecule has 1 aromatic heterocycles. The lowest BCUT2D eigenvalue weighted by molar-refractivity contribution is -0.123. The van der Waals surface area contributed by atoms with Crippen LogP contribution in [0.2, 0.25) is 0 Å². The van der Waals surface area contributed by atoms with Gasteiger partial charge in [-0.3, -0.25) is 4.79 Å². The van der Waals surface area contributed by atoms with Gasteiger partial charge in [-0.15, -0.1) is 0 Å². The third kappa shape index (κ3) is 4.58. The molecule has 2 unspecified atom stereocenters. The summed E-state index contributed by atoms with van der Waals surface area (Å²) in [5.41, 5.74) is 6.81. The smallest absolute Gasteiger partial charge is 0.237 e. The predicted molar refractivity (Wildman–Crippen MR) is 81.5 cm³/mol. The number of carbonyl (C=O) groups is 1. The monoisotopic (exact) mass is 296 g/mol. The zero-order chi connectivity index (χ0) is 14.4. The summed E-state index contributed by atoms with van der Waals surface area (Å²) in [6, 6.07) is 1.41. The minimum absolute atomic E-state index is 0.148. The highest BCUT2D eigenvalue weighted by Gasteiger charge is 2.21. The average molecular weight is 296 g/mol. The van der Waals surface area contributed by atoms with Gasteiger partial charge in [-0.2, -0.15) is 11.3 Å². The summed E-state index contributed by atoms with van der Waals surface area (Å²) < 4.78 is 0. The van der Waals surface area contributed by atoms with Gasteiger partial charge in [-0.1, -0.05) is 32.1 Å². The molecule has 4 nitrogen and oxygen atoms in total. The molecule has 0 saturated heterocycles. The van der Waals surface area contributed by atoms with Gasteiger partial charge in [0, 0.05) is 6.54 Å². The maximum atomic E-state index is 11.9. The Morgan fingerprint density at radius 1 is 1.45 bits per heavy atom. The number of carbonyl (C=O) groups excluding carboxylic acids is 1. The average Bonchev–Trinajstić information content (AvgIpc) is 2.99. The Kier molecular flexibility index (Phi) is 6.01. The number of aliphatic hydroxyl groups excluding tert-OH is 1. The SMILES string of the molecule is NC(CC1CCCCC1)C(=O)NCC(O)c1ccsc1. The number of nitrogens with one attached hydrogen (secondary N) is 1. The number of nitrogens with two attached hydrogens (primary N) is 1. The van der Waals surface area contributed by atoms with Crippen LogP contribution in [0.25, 0.3) is 0 Å². The quantitative estimate of drug-likeness (QED) is 0.753. The van der Waals surface area contributed by atoms with Crippen molar-refractivity contribution in [1.29, 1.82) is 0 Å². The van der Waals surface area contributed by atoms with E-state index in [4.69, 9.17) is 5.73 Å². The van der Waals surface area contributed by atoms with E-state index in [0.29, 0.717) is 5.92 Å². The fraction of sp³-hybridized carbons (Fsp3) is 0.667. The number of hydrogen-bond donors (Lipinski definition) is 3. The number of hydrogen-bond acceptors (Lipinski definition) is 4. The number of thiophene rings is 1. The molecule has 1 amide bonds. The van der Waals surface area contributed by atoms with Crippen LogP contribution in [-0.2, 0) is 4.79 Å². The highest BCUT2D eigenvalue weighted by Crippen LogP contribution is 2.27. The summed E-state index contributed by atoms with van der Waals surface area (Å²) in [7, 11) is 0. The molecule has 4 N–H and O–H groups in total. The van der Waals surface area contributed by atoms with Gasteiger partial charge in [0.15, 0.2) is 0 Å². The minimum atomic E-state index is -0.646. The molecule has 0 aliphatic heterocycles. The summed E-state index contributed by atoms with van der Waals surface area (Å²) in [5.74, 6) is 0.441. The van der Waals surface area contributed by atoms with Crippen molar-refractivity contribution in [2.45, 2.75) is 50.7 Å². The molecule has 1 aliphatic carbocycles. The van der Waals surface area contributed by atoms with Gasteiger partial charge >= 0.3 is 0 Å². The molecule has 0 bridgehead atoms. The van der Waals surface area contributed by atoms with Crippen LogP contribution in [0.3, 0.4) is 0 Å². The highest BCUT2D eigenvalue weighted by molar-refractivity contribution is 7.07. The summed E-state index contributed by atoms with van der Waals surface area (Å²) >= 11 is 1.53. The van der Waals surface area contributed by atoms with Crippen LogP contribution in [0.15, 0.2) is 16.8 Å². The minimum Gasteiger partial charge on any atom is -0.387 e. The molecular weight excluding hydrogens is 272 g/mol. The van der Waals surface area contributed by atoms with Crippen LogP contribution in [0.1, 0.15) is 50.2 Å². The van der Waals surface area contributed by atoms with Crippen molar-refractivity contribution in [2.24, 2.45) is 11.7 Å². The van der Waals surface area contributed by atoms with E-state index in [0.717, 1.165) is 12.0 Å². The molecule has 0 spiro atoms. The highest BCUT2D eigenvalue weighted by atomic mass is 32.1. The molecule has 1 aliphatic rings. The van der Waals surface area contributed by atoms with Gasteiger partial charge in [0.25, 0.3) is 0 Å². The summed E-state index contributed by atoms with van der Waals surface area (Å²) in [4.78, 5) is 11.9. The first-order valence-electron chi connectivity index (χ1n) is 7.40. The molecule has 0 radical (unpaired) electrons. The Labute approximate surface area is 124 Å². The van der Waals surface area contributed by atoms with E-state index >= 15 is 0 Å². The molecule has 1 fully saturated rings. The number of aliphatic hydroxyl groups is 1. The number of amides is 1. The second-order valence-corrected chi connectivity index (χ2v) is 6.44. The van der Waals surface area contributed by atoms with Gasteiger partial charge in [0.1, 0.15) is 0 Å². The van der Waals surface area contributed by atoms with E-state index < -0.39 is 12.1 Å². The predicted octanol–water partition coefficient (Wildman–Crippen LogP) is 2.20. The first-order chi connectivity index (χ1) is 9.66. The van der Waals surface area contributed by atoms with Gasteiger partial charge in [-0.05, 0) is 34.7 Å². The van der Waals surface area contributed by atoms with Crippen molar-refractivity contribution >= 4 is 17.2 Å². The van der Waals surface area contributed by atoms with Crippen molar-refractivity contribution in [2.75, 3.05) is 6.54 Å². The molecule has 20 heavy (non-hydrogen) atoms. The van der Waals surface area contributed by atoms with Gasteiger partial charge in [0.2, 0.25) is 5.91 Å². The molecule has 2 atom stereocenters. The normalized spacial score (nSPS) is 19.5. The van der Waals surface area contributed by atoms with Gasteiger partial charge in [-0.25, -0.2) is 0 Å². The van der Waals surface area contributed by atoms with E-state index in [1.165, 1.54) is 43.4 Å². The van der Waals surface area contributed by atoms with E-state index in [1.807, 2.05) is 16.8 Å². The fourth-order valence-electron chi connectivity index (χ4n) is 2.80. The van der Waals surface area contributed by atoms with E-state index in [1.54, 1.807) is 0 Å². The Morgan fingerprint density at radius 3 is 2.85 bits per heavy atom. The lowest BCUT2D eigenvalue weighted by atomic mass is 9.85. The molecule has 112 valence electrons. The third-order valence-corrected chi connectivity index (χ3v) is 4.75. The second-order valence-electron chi connectivity index (χ2n) is 5.66. The molecule has 2 rings (SSSR count). The molecule has 1 heterocycles. The second kappa shape index (κ2) is 7.76. The lowest BCUT2D eigenvalue weighted by Crippen LogP contribution is -2.43. The van der Waals surface area contributed by atoms with Crippen LogP contribution in [0.5, 0.6) is 0 Å². The Bertz CT molecular complexity index is 402. The summed E-state index contributed by atoms with van der Waals surface area (Å²) in [6.07, 6.45) is 6.33. The van der Waals surface area contributed by atoms with E-state index in [2.05, 4.69) is 5.32 Å². The standard InChI is InChI=1S/C15H24N2O2S/c16-13(8-11-4-2-1-3-5-11)15(19)17-9-14(18)12-6-7-20-10-12/h6-7,10-11,13-14,18H,1-5,8-9,16H2,(H,17,19). The Balaban J connectivity index is 1.70. The lowest BCUT2D eigenvalue weighted by Gasteiger charge is -2.24. The maximum absolute atomic E-state index is 11.9. The maximum Gasteiger partial charge on any atom is 0.237 e. The van der Waals surface area contributed by atoms with Gasteiger partial charge < -0.3 is 16.2 Å². The Hall–Kier alpha value is -0.910. The van der Waals surface area contributed by atoms with Crippen LogP contribution in [0, 0.1) is 5.92 Å². The summed E-state index contributed by atoms with van der Waals surface area (Å²) in [6.45, 7) is 0.230. The van der Waals surface area contributed by atoms with Crippen molar-refractivity contribution in [3.63, 3.8) is 0 Å². The largest absolute Gasteiger partial charge is 0.387 e. The van der Waals surface area contributed by atoms with E-state index in [-0.39, 0.29) is 12.5 Å². The van der Waals surface area contributed by atoms with Crippen molar-refractivity contribution in [3.05, 3.63) is 22.4 Å². The molecule has 0 aromatic carbocycles. The topological polar surface area (TPSA) is 75.4 Å². The van der Waals surface area contributed by atoms with Crippen molar-refractivity contribution in [1.82, 2.24) is 5.32 Å². The zero-order valence-electron chi connectivity index (χ0n) is 11.8. The molecule has 1 saturated carbocycles. The van der Waals surface area contributed by atoms with Crippen LogP contribution in [0.4, 0.5) is 0 Å². The van der Waals surface area contributed by atoms with Crippen molar-refractivity contribution < 1.29 is 9.90 Å². The van der Waals surface area contributed by atoms with Gasteiger partial charge in [0.05, 0.1) is 12.1 Å². The third-order valence-electron chi connectivity index (χ3n) is 4.05. The zero-order valence-corrected chi connectivity index (χ0v) is 12.6. The van der Waals surface area contributed by atoms with Crippen LogP contribution >= 0.6 is 11.3 Å². The summed E-state index contributed by atoms with van der Waals surface area (Å²) in [5, 5.41) is 16.5. The molecule has 5 heteroatoms. The van der Waals surface area contributed by atoms with E-state index in [9.17, 15) is 9.90 Å². The van der Waals surface area contributed by atoms with Crippen LogP contribution in [-0.4, -0.2) is 23.6 Å². The van der Waals surface area contributed by atoms with Crippen LogP contribution < -0.4 is 11.1 Å². The first kappa shape index (κ1) is 15.5. The fourth-order valence-corrected chi connectivity index (χ4v) is 3.51. The molecular formula is C15H24N2O2S. The first-order valence-corrected chi connectivity index (χ1v) is 8.34. The van der Waals surface area contributed by atoms with Crippen molar-refractivity contribution in [3.8, 4) is 0 Å². The number of rotatable bonds is 6.